The van der Waals surface area contributed by atoms with Crippen molar-refractivity contribution in [1.29, 1.82) is 0 Å². The van der Waals surface area contributed by atoms with Crippen molar-refractivity contribution in [2.45, 2.75) is 17.5 Å². The van der Waals surface area contributed by atoms with Crippen LogP contribution in [0.15, 0.2) is 16.6 Å². The maximum Gasteiger partial charge on any atom is 0.260 e. The highest BCUT2D eigenvalue weighted by Gasteiger charge is 2.34. The van der Waals surface area contributed by atoms with Gasteiger partial charge in [-0.3, -0.25) is 4.40 Å². The van der Waals surface area contributed by atoms with Gasteiger partial charge in [-0.15, -0.1) is 11.3 Å². The second-order valence-corrected chi connectivity index (χ2v) is 9.52. The van der Waals surface area contributed by atoms with Crippen LogP contribution in [0.3, 0.4) is 0 Å². The zero-order valence-electron chi connectivity index (χ0n) is 11.1. The van der Waals surface area contributed by atoms with Gasteiger partial charge in [0.1, 0.15) is 0 Å². The molecule has 116 valence electrons. The van der Waals surface area contributed by atoms with E-state index in [-0.39, 0.29) is 22.3 Å². The standard InChI is InChI=1S/C10H14N4O4S3/c1-11-8-9(14-3-4-19-10(14)12-8)21(17,18)13-7-2-5-20(15,16)6-7/h3-4,7,11,13H,2,5-6H2,1H3. The molecule has 0 bridgehead atoms. The molecule has 2 aromatic heterocycles. The van der Waals surface area contributed by atoms with E-state index in [2.05, 4.69) is 15.0 Å². The molecule has 0 aliphatic carbocycles. The highest BCUT2D eigenvalue weighted by molar-refractivity contribution is 7.92. The first-order chi connectivity index (χ1) is 9.82. The minimum atomic E-state index is -3.86. The van der Waals surface area contributed by atoms with Crippen LogP contribution >= 0.6 is 11.3 Å². The summed E-state index contributed by atoms with van der Waals surface area (Å²) in [7, 11) is -5.42. The molecule has 3 rings (SSSR count). The molecule has 0 spiro atoms. The van der Waals surface area contributed by atoms with Gasteiger partial charge in [0.05, 0.1) is 11.5 Å². The molecular weight excluding hydrogens is 336 g/mol. The normalized spacial score (nSPS) is 21.9. The molecular formula is C10H14N4O4S3. The predicted molar refractivity (Wildman–Crippen MR) is 80.0 cm³/mol. The summed E-state index contributed by atoms with van der Waals surface area (Å²) in [6, 6.07) is -0.589. The van der Waals surface area contributed by atoms with Crippen molar-refractivity contribution in [3.8, 4) is 0 Å². The monoisotopic (exact) mass is 350 g/mol. The zero-order valence-corrected chi connectivity index (χ0v) is 13.6. The first-order valence-corrected chi connectivity index (χ1v) is 10.4. The van der Waals surface area contributed by atoms with E-state index in [1.54, 1.807) is 18.6 Å². The fraction of sp³-hybridized carbons (Fsp3) is 0.500. The molecule has 8 nitrogen and oxygen atoms in total. The SMILES string of the molecule is CNc1nc2sccn2c1S(=O)(=O)NC1CCS(=O)(=O)C1. The van der Waals surface area contributed by atoms with Gasteiger partial charge in [-0.25, -0.2) is 26.5 Å². The number of thiazole rings is 1. The lowest BCUT2D eigenvalue weighted by Gasteiger charge is -2.11. The summed E-state index contributed by atoms with van der Waals surface area (Å²) in [4.78, 5) is 4.75. The molecule has 1 unspecified atom stereocenters. The summed E-state index contributed by atoms with van der Waals surface area (Å²) in [5, 5.41) is 4.50. The minimum absolute atomic E-state index is 0.00514. The zero-order chi connectivity index (χ0) is 15.3. The highest BCUT2D eigenvalue weighted by atomic mass is 32.2. The number of hydrogen-bond donors (Lipinski definition) is 2. The molecule has 2 N–H and O–H groups in total. The number of fused-ring (bicyclic) bond motifs is 1. The minimum Gasteiger partial charge on any atom is -0.371 e. The fourth-order valence-corrected chi connectivity index (χ4v) is 6.46. The average Bonchev–Trinajstić information content (AvgIpc) is 3.01. The number of nitrogens with zero attached hydrogens (tertiary/aromatic N) is 2. The Morgan fingerprint density at radius 3 is 2.86 bits per heavy atom. The first kappa shape index (κ1) is 14.8. The quantitative estimate of drug-likeness (QED) is 0.797. The Kier molecular flexibility index (Phi) is 3.47. The third-order valence-corrected chi connectivity index (χ3v) is 7.33. The smallest absolute Gasteiger partial charge is 0.260 e. The van der Waals surface area contributed by atoms with E-state index in [0.29, 0.717) is 11.4 Å². The summed E-state index contributed by atoms with van der Waals surface area (Å²) in [6.45, 7) is 0. The van der Waals surface area contributed by atoms with E-state index in [0.717, 1.165) is 0 Å². The molecule has 0 aromatic carbocycles. The molecule has 3 heterocycles. The molecule has 0 amide bonds. The topological polar surface area (TPSA) is 110 Å². The molecule has 21 heavy (non-hydrogen) atoms. The molecule has 1 atom stereocenters. The summed E-state index contributed by atoms with van der Waals surface area (Å²) in [5.41, 5.74) is 0. The van der Waals surface area contributed by atoms with Crippen LogP contribution in [0.4, 0.5) is 5.82 Å². The summed E-state index contributed by atoms with van der Waals surface area (Å²) < 4.78 is 51.9. The number of aromatic nitrogens is 2. The number of rotatable bonds is 4. The Hall–Kier alpha value is -1.17. The van der Waals surface area contributed by atoms with E-state index >= 15 is 0 Å². The van der Waals surface area contributed by atoms with Crippen LogP contribution in [0, 0.1) is 0 Å². The van der Waals surface area contributed by atoms with Crippen LogP contribution in [-0.4, -0.2) is 50.8 Å². The Labute approximate surface area is 126 Å². The summed E-state index contributed by atoms with van der Waals surface area (Å²) in [6.07, 6.45) is 1.91. The van der Waals surface area contributed by atoms with Crippen LogP contribution in [0.5, 0.6) is 0 Å². The summed E-state index contributed by atoms with van der Waals surface area (Å²) in [5.74, 6) is 0.0988. The third kappa shape index (κ3) is 2.65. The van der Waals surface area contributed by atoms with Crippen LogP contribution in [-0.2, 0) is 19.9 Å². The second-order valence-electron chi connectivity index (χ2n) is 4.79. The molecule has 1 fully saturated rings. The van der Waals surface area contributed by atoms with Crippen LogP contribution in [0.2, 0.25) is 0 Å². The van der Waals surface area contributed by atoms with Crippen LogP contribution < -0.4 is 10.0 Å². The third-order valence-electron chi connectivity index (χ3n) is 3.26. The van der Waals surface area contributed by atoms with E-state index in [1.165, 1.54) is 15.7 Å². The fourth-order valence-electron chi connectivity index (χ4n) is 2.35. The Balaban J connectivity index is 1.98. The average molecular weight is 350 g/mol. The number of sulfone groups is 1. The van der Waals surface area contributed by atoms with Crippen molar-refractivity contribution in [2.24, 2.45) is 0 Å². The lowest BCUT2D eigenvalue weighted by Crippen LogP contribution is -2.36. The molecule has 1 aliphatic heterocycles. The van der Waals surface area contributed by atoms with Gasteiger partial charge >= 0.3 is 0 Å². The van der Waals surface area contributed by atoms with Gasteiger partial charge in [0, 0.05) is 24.7 Å². The van der Waals surface area contributed by atoms with Gasteiger partial charge in [-0.1, -0.05) is 0 Å². The van der Waals surface area contributed by atoms with Crippen molar-refractivity contribution in [1.82, 2.24) is 14.1 Å². The Morgan fingerprint density at radius 2 is 2.24 bits per heavy atom. The summed E-state index contributed by atoms with van der Waals surface area (Å²) >= 11 is 1.32. The van der Waals surface area contributed by atoms with Crippen molar-refractivity contribution < 1.29 is 16.8 Å². The number of imidazole rings is 1. The lowest BCUT2D eigenvalue weighted by atomic mass is 10.3. The largest absolute Gasteiger partial charge is 0.371 e. The van der Waals surface area contributed by atoms with Crippen LogP contribution in [0.1, 0.15) is 6.42 Å². The van der Waals surface area contributed by atoms with Gasteiger partial charge in [-0.2, -0.15) is 0 Å². The molecule has 1 saturated heterocycles. The van der Waals surface area contributed by atoms with E-state index in [1.807, 2.05) is 0 Å². The molecule has 2 aromatic rings. The van der Waals surface area contributed by atoms with Gasteiger partial charge in [-0.05, 0) is 6.42 Å². The van der Waals surface area contributed by atoms with Gasteiger partial charge in [0.15, 0.2) is 25.6 Å². The lowest BCUT2D eigenvalue weighted by molar-refractivity contribution is 0.558. The molecule has 11 heteroatoms. The van der Waals surface area contributed by atoms with E-state index < -0.39 is 25.9 Å². The molecule has 1 aliphatic rings. The van der Waals surface area contributed by atoms with Crippen molar-refractivity contribution in [3.63, 3.8) is 0 Å². The maximum absolute atomic E-state index is 12.5. The molecule has 0 radical (unpaired) electrons. The van der Waals surface area contributed by atoms with Gasteiger partial charge < -0.3 is 5.32 Å². The second kappa shape index (κ2) is 4.93. The van der Waals surface area contributed by atoms with Gasteiger partial charge in [0.2, 0.25) is 0 Å². The van der Waals surface area contributed by atoms with Crippen LogP contribution in [0.25, 0.3) is 4.96 Å². The van der Waals surface area contributed by atoms with Crippen molar-refractivity contribution in [2.75, 3.05) is 23.9 Å². The van der Waals surface area contributed by atoms with Crippen molar-refractivity contribution >= 4 is 42.0 Å². The van der Waals surface area contributed by atoms with Gasteiger partial charge in [0.25, 0.3) is 10.0 Å². The first-order valence-electron chi connectivity index (χ1n) is 6.18. The van der Waals surface area contributed by atoms with E-state index in [4.69, 9.17) is 0 Å². The number of sulfonamides is 1. The number of nitrogens with one attached hydrogen (secondary N) is 2. The highest BCUT2D eigenvalue weighted by Crippen LogP contribution is 2.26. The number of hydrogen-bond acceptors (Lipinski definition) is 7. The Bertz CT molecular complexity index is 881. The predicted octanol–water partition coefficient (Wildman–Crippen LogP) is -0.0971. The molecule has 0 saturated carbocycles. The van der Waals surface area contributed by atoms with Crippen molar-refractivity contribution in [3.05, 3.63) is 11.6 Å². The number of anilines is 1. The Morgan fingerprint density at radius 1 is 1.48 bits per heavy atom. The van der Waals surface area contributed by atoms with E-state index in [9.17, 15) is 16.8 Å². The maximum atomic E-state index is 12.5.